The van der Waals surface area contributed by atoms with Gasteiger partial charge in [-0.2, -0.15) is 0 Å². The van der Waals surface area contributed by atoms with E-state index in [-0.39, 0.29) is 6.10 Å². The van der Waals surface area contributed by atoms with E-state index in [4.69, 9.17) is 10.5 Å². The zero-order chi connectivity index (χ0) is 12.4. The Labute approximate surface area is 102 Å². The van der Waals surface area contributed by atoms with E-state index in [1.54, 1.807) is 0 Å². The van der Waals surface area contributed by atoms with Crippen molar-refractivity contribution in [3.05, 3.63) is 17.1 Å². The van der Waals surface area contributed by atoms with Crippen LogP contribution in [0.15, 0.2) is 0 Å². The summed E-state index contributed by atoms with van der Waals surface area (Å²) in [5, 5.41) is 0. The summed E-state index contributed by atoms with van der Waals surface area (Å²) in [6, 6.07) is 0. The Morgan fingerprint density at radius 3 is 2.82 bits per heavy atom. The van der Waals surface area contributed by atoms with Gasteiger partial charge in [-0.25, -0.2) is 9.97 Å². The van der Waals surface area contributed by atoms with Crippen LogP contribution < -0.4 is 5.73 Å². The van der Waals surface area contributed by atoms with Crippen molar-refractivity contribution in [2.45, 2.75) is 26.9 Å². The molecular formula is C12H20N4O. The van der Waals surface area contributed by atoms with E-state index in [9.17, 15) is 0 Å². The second-order valence-corrected chi connectivity index (χ2v) is 4.43. The second kappa shape index (κ2) is 4.98. The van der Waals surface area contributed by atoms with E-state index >= 15 is 0 Å². The minimum atomic E-state index is -0.0506. The number of aryl methyl sites for hydroxylation is 1. The summed E-state index contributed by atoms with van der Waals surface area (Å²) < 4.78 is 5.72. The topological polar surface area (TPSA) is 64.3 Å². The zero-order valence-electron chi connectivity index (χ0n) is 10.7. The fourth-order valence-corrected chi connectivity index (χ4v) is 1.96. The fraction of sp³-hybridized carbons (Fsp3) is 0.667. The van der Waals surface area contributed by atoms with Gasteiger partial charge in [-0.15, -0.1) is 0 Å². The molecule has 1 aromatic rings. The molecule has 2 N–H and O–H groups in total. The Balaban J connectivity index is 2.22. The summed E-state index contributed by atoms with van der Waals surface area (Å²) in [5.74, 6) is 1.27. The molecule has 5 nitrogen and oxygen atoms in total. The molecule has 0 saturated carbocycles. The molecule has 0 amide bonds. The lowest BCUT2D eigenvalue weighted by Crippen LogP contribution is -2.38. The van der Waals surface area contributed by atoms with Crippen LogP contribution in [0.1, 0.15) is 30.1 Å². The van der Waals surface area contributed by atoms with Gasteiger partial charge in [0.25, 0.3) is 0 Å². The Bertz CT molecular complexity index is 384. The molecule has 1 fully saturated rings. The number of likely N-dealkylation sites (N-methyl/N-ethyl adjacent to an activating group) is 1. The van der Waals surface area contributed by atoms with E-state index in [0.717, 1.165) is 37.5 Å². The van der Waals surface area contributed by atoms with E-state index in [0.29, 0.717) is 11.6 Å². The molecule has 1 unspecified atom stereocenters. The first-order valence-corrected chi connectivity index (χ1v) is 6.06. The van der Waals surface area contributed by atoms with Crippen LogP contribution >= 0.6 is 0 Å². The van der Waals surface area contributed by atoms with Crippen LogP contribution in [0, 0.1) is 13.8 Å². The van der Waals surface area contributed by atoms with Crippen molar-refractivity contribution in [2.75, 3.05) is 32.0 Å². The lowest BCUT2D eigenvalue weighted by Gasteiger charge is -2.31. The van der Waals surface area contributed by atoms with Crippen LogP contribution in [-0.4, -0.2) is 41.1 Å². The molecule has 5 heteroatoms. The molecule has 94 valence electrons. The average molecular weight is 236 g/mol. The van der Waals surface area contributed by atoms with Gasteiger partial charge in [0.05, 0.1) is 6.61 Å². The summed E-state index contributed by atoms with van der Waals surface area (Å²) in [6.45, 7) is 9.63. The van der Waals surface area contributed by atoms with Crippen LogP contribution in [0.4, 0.5) is 5.82 Å². The van der Waals surface area contributed by atoms with E-state index in [1.165, 1.54) is 0 Å². The molecule has 2 heterocycles. The number of morpholine rings is 1. The first kappa shape index (κ1) is 12.3. The summed E-state index contributed by atoms with van der Waals surface area (Å²) in [4.78, 5) is 11.2. The molecule has 0 radical (unpaired) electrons. The molecule has 1 saturated heterocycles. The monoisotopic (exact) mass is 236 g/mol. The van der Waals surface area contributed by atoms with Gasteiger partial charge in [-0.05, 0) is 20.4 Å². The van der Waals surface area contributed by atoms with Crippen molar-refractivity contribution in [3.8, 4) is 0 Å². The SMILES string of the molecule is CCN1CCOC(c2nc(C)c(C)c(N)n2)C1. The number of hydrogen-bond acceptors (Lipinski definition) is 5. The molecular weight excluding hydrogens is 216 g/mol. The third-order valence-corrected chi connectivity index (χ3v) is 3.33. The first-order chi connectivity index (χ1) is 8.11. The third-order valence-electron chi connectivity index (χ3n) is 3.33. The summed E-state index contributed by atoms with van der Waals surface area (Å²) in [7, 11) is 0. The number of nitrogens with zero attached hydrogens (tertiary/aromatic N) is 3. The molecule has 0 bridgehead atoms. The van der Waals surface area contributed by atoms with Gasteiger partial charge in [-0.1, -0.05) is 6.92 Å². The predicted molar refractivity (Wildman–Crippen MR) is 66.7 cm³/mol. The molecule has 2 rings (SSSR count). The molecule has 17 heavy (non-hydrogen) atoms. The number of aromatic nitrogens is 2. The second-order valence-electron chi connectivity index (χ2n) is 4.43. The maximum atomic E-state index is 5.88. The smallest absolute Gasteiger partial charge is 0.161 e. The molecule has 1 atom stereocenters. The average Bonchev–Trinajstić information content (AvgIpc) is 2.35. The number of anilines is 1. The highest BCUT2D eigenvalue weighted by molar-refractivity contribution is 5.40. The Morgan fingerprint density at radius 2 is 2.18 bits per heavy atom. The third kappa shape index (κ3) is 2.56. The standard InChI is InChI=1S/C12H20N4O/c1-4-16-5-6-17-10(7-16)12-14-9(3)8(2)11(13)15-12/h10H,4-7H2,1-3H3,(H2,13,14,15). The maximum Gasteiger partial charge on any atom is 0.161 e. The molecule has 0 spiro atoms. The minimum absolute atomic E-state index is 0.0506. The highest BCUT2D eigenvalue weighted by Gasteiger charge is 2.24. The van der Waals surface area contributed by atoms with Crippen molar-refractivity contribution >= 4 is 5.82 Å². The van der Waals surface area contributed by atoms with E-state index in [2.05, 4.69) is 21.8 Å². The lowest BCUT2D eigenvalue weighted by molar-refractivity contribution is -0.0325. The minimum Gasteiger partial charge on any atom is -0.383 e. The summed E-state index contributed by atoms with van der Waals surface area (Å²) in [5.41, 5.74) is 7.77. The van der Waals surface area contributed by atoms with E-state index < -0.39 is 0 Å². The van der Waals surface area contributed by atoms with Crippen LogP contribution in [0.2, 0.25) is 0 Å². The summed E-state index contributed by atoms with van der Waals surface area (Å²) in [6.07, 6.45) is -0.0506. The van der Waals surface area contributed by atoms with Crippen LogP contribution in [-0.2, 0) is 4.74 Å². The number of nitrogen functional groups attached to an aromatic ring is 1. The van der Waals surface area contributed by atoms with Gasteiger partial charge >= 0.3 is 0 Å². The van der Waals surface area contributed by atoms with Gasteiger partial charge in [0.2, 0.25) is 0 Å². The fourth-order valence-electron chi connectivity index (χ4n) is 1.96. The quantitative estimate of drug-likeness (QED) is 0.832. The number of hydrogen-bond donors (Lipinski definition) is 1. The number of rotatable bonds is 2. The summed E-state index contributed by atoms with van der Waals surface area (Å²) >= 11 is 0. The van der Waals surface area contributed by atoms with Gasteiger partial charge in [-0.3, -0.25) is 4.90 Å². The molecule has 0 aliphatic carbocycles. The van der Waals surface area contributed by atoms with Crippen LogP contribution in [0.3, 0.4) is 0 Å². The van der Waals surface area contributed by atoms with Gasteiger partial charge in [0, 0.05) is 24.3 Å². The Hall–Kier alpha value is -1.20. The normalized spacial score (nSPS) is 21.7. The van der Waals surface area contributed by atoms with Crippen LogP contribution in [0.25, 0.3) is 0 Å². The van der Waals surface area contributed by atoms with Gasteiger partial charge in [0.15, 0.2) is 5.82 Å². The molecule has 1 aliphatic heterocycles. The van der Waals surface area contributed by atoms with E-state index in [1.807, 2.05) is 13.8 Å². The van der Waals surface area contributed by atoms with Gasteiger partial charge in [0.1, 0.15) is 11.9 Å². The molecule has 1 aromatic heterocycles. The maximum absolute atomic E-state index is 5.88. The largest absolute Gasteiger partial charge is 0.383 e. The lowest BCUT2D eigenvalue weighted by atomic mass is 10.2. The predicted octanol–water partition coefficient (Wildman–Crippen LogP) is 1.07. The Kier molecular flexibility index (Phi) is 3.59. The van der Waals surface area contributed by atoms with Crippen molar-refractivity contribution in [2.24, 2.45) is 0 Å². The number of nitrogens with two attached hydrogens (primary N) is 1. The highest BCUT2D eigenvalue weighted by Crippen LogP contribution is 2.21. The first-order valence-electron chi connectivity index (χ1n) is 6.06. The van der Waals surface area contributed by atoms with Crippen molar-refractivity contribution in [3.63, 3.8) is 0 Å². The van der Waals surface area contributed by atoms with Gasteiger partial charge < -0.3 is 10.5 Å². The van der Waals surface area contributed by atoms with Crippen molar-refractivity contribution in [1.29, 1.82) is 0 Å². The van der Waals surface area contributed by atoms with Crippen LogP contribution in [0.5, 0.6) is 0 Å². The Morgan fingerprint density at radius 1 is 1.41 bits per heavy atom. The highest BCUT2D eigenvalue weighted by atomic mass is 16.5. The molecule has 0 aromatic carbocycles. The van der Waals surface area contributed by atoms with Crippen molar-refractivity contribution < 1.29 is 4.74 Å². The zero-order valence-corrected chi connectivity index (χ0v) is 10.7. The van der Waals surface area contributed by atoms with Crippen molar-refractivity contribution in [1.82, 2.24) is 14.9 Å². The number of ether oxygens (including phenoxy) is 1. The molecule has 1 aliphatic rings.